The standard InChI is InChI=1S/C19H16O2/c1-3-8-14-11-7-12-16-17(20)13(2)18(21-19(14)16)15-9-5-4-6-10-15/h3-12H,1-2H3. The largest absolute Gasteiger partial charge is 0.455 e. The summed E-state index contributed by atoms with van der Waals surface area (Å²) in [7, 11) is 0. The second kappa shape index (κ2) is 5.41. The van der Waals surface area contributed by atoms with Crippen molar-refractivity contribution < 1.29 is 4.42 Å². The summed E-state index contributed by atoms with van der Waals surface area (Å²) in [6.07, 6.45) is 3.90. The number of benzene rings is 2. The van der Waals surface area contributed by atoms with E-state index in [1.807, 2.05) is 74.5 Å². The molecule has 21 heavy (non-hydrogen) atoms. The predicted molar refractivity (Wildman–Crippen MR) is 87.4 cm³/mol. The molecule has 3 rings (SSSR count). The Hall–Kier alpha value is -2.61. The molecule has 0 unspecified atom stereocenters. The van der Waals surface area contributed by atoms with Gasteiger partial charge in [-0.1, -0.05) is 54.6 Å². The first kappa shape index (κ1) is 13.4. The molecule has 0 aliphatic heterocycles. The monoisotopic (exact) mass is 276 g/mol. The minimum absolute atomic E-state index is 0.0291. The Labute approximate surface area is 123 Å². The van der Waals surface area contributed by atoms with E-state index in [2.05, 4.69) is 0 Å². The number of fused-ring (bicyclic) bond motifs is 1. The summed E-state index contributed by atoms with van der Waals surface area (Å²) in [5.74, 6) is 0.644. The molecule has 0 radical (unpaired) electrons. The van der Waals surface area contributed by atoms with Crippen LogP contribution in [-0.4, -0.2) is 0 Å². The maximum atomic E-state index is 12.6. The van der Waals surface area contributed by atoms with Crippen molar-refractivity contribution in [1.29, 1.82) is 0 Å². The summed E-state index contributed by atoms with van der Waals surface area (Å²) >= 11 is 0. The molecule has 2 aromatic carbocycles. The lowest BCUT2D eigenvalue weighted by Gasteiger charge is -2.08. The summed E-state index contributed by atoms with van der Waals surface area (Å²) in [5, 5.41) is 0.628. The van der Waals surface area contributed by atoms with E-state index in [0.29, 0.717) is 22.3 Å². The highest BCUT2D eigenvalue weighted by molar-refractivity contribution is 5.87. The average Bonchev–Trinajstić information content (AvgIpc) is 2.52. The Morgan fingerprint density at radius 1 is 1.00 bits per heavy atom. The van der Waals surface area contributed by atoms with Gasteiger partial charge in [0.05, 0.1) is 5.39 Å². The minimum Gasteiger partial charge on any atom is -0.455 e. The van der Waals surface area contributed by atoms with Gasteiger partial charge >= 0.3 is 0 Å². The van der Waals surface area contributed by atoms with Gasteiger partial charge in [-0.2, -0.15) is 0 Å². The maximum absolute atomic E-state index is 12.6. The van der Waals surface area contributed by atoms with Crippen LogP contribution >= 0.6 is 0 Å². The van der Waals surface area contributed by atoms with Gasteiger partial charge in [0.25, 0.3) is 0 Å². The molecule has 0 bridgehead atoms. The summed E-state index contributed by atoms with van der Waals surface area (Å²) < 4.78 is 6.09. The van der Waals surface area contributed by atoms with E-state index in [0.717, 1.165) is 11.1 Å². The zero-order valence-corrected chi connectivity index (χ0v) is 12.1. The molecule has 0 saturated carbocycles. The van der Waals surface area contributed by atoms with E-state index < -0.39 is 0 Å². The lowest BCUT2D eigenvalue weighted by Crippen LogP contribution is -2.07. The van der Waals surface area contributed by atoms with Crippen LogP contribution in [0.15, 0.2) is 63.8 Å². The summed E-state index contributed by atoms with van der Waals surface area (Å²) in [6, 6.07) is 15.4. The van der Waals surface area contributed by atoms with Crippen LogP contribution in [0.4, 0.5) is 0 Å². The molecule has 0 aliphatic rings. The molecule has 2 heteroatoms. The SMILES string of the molecule is CC=Cc1cccc2c(=O)c(C)c(-c3ccccc3)oc12. The van der Waals surface area contributed by atoms with Gasteiger partial charge in [0.2, 0.25) is 0 Å². The van der Waals surface area contributed by atoms with Crippen LogP contribution in [-0.2, 0) is 0 Å². The molecule has 0 saturated heterocycles. The minimum atomic E-state index is 0.0291. The zero-order chi connectivity index (χ0) is 14.8. The van der Waals surface area contributed by atoms with Crippen LogP contribution in [0, 0.1) is 6.92 Å². The predicted octanol–water partition coefficient (Wildman–Crippen LogP) is 4.80. The van der Waals surface area contributed by atoms with Crippen molar-refractivity contribution in [1.82, 2.24) is 0 Å². The average molecular weight is 276 g/mol. The van der Waals surface area contributed by atoms with Gasteiger partial charge in [0.1, 0.15) is 11.3 Å². The lowest BCUT2D eigenvalue weighted by molar-refractivity contribution is 0.613. The van der Waals surface area contributed by atoms with Crippen molar-refractivity contribution in [3.63, 3.8) is 0 Å². The van der Waals surface area contributed by atoms with Gasteiger partial charge in [-0.3, -0.25) is 4.79 Å². The van der Waals surface area contributed by atoms with E-state index in [4.69, 9.17) is 4.42 Å². The molecular formula is C19H16O2. The molecule has 3 aromatic rings. The fourth-order valence-electron chi connectivity index (χ4n) is 2.51. The van der Waals surface area contributed by atoms with Gasteiger partial charge in [0, 0.05) is 16.7 Å². The van der Waals surface area contributed by atoms with Crippen LogP contribution in [0.25, 0.3) is 28.4 Å². The zero-order valence-electron chi connectivity index (χ0n) is 12.1. The number of hydrogen-bond donors (Lipinski definition) is 0. The van der Waals surface area contributed by atoms with Crippen molar-refractivity contribution in [3.05, 3.63) is 76.0 Å². The first-order valence-corrected chi connectivity index (χ1v) is 6.97. The number of allylic oxidation sites excluding steroid dienone is 1. The summed E-state index contributed by atoms with van der Waals surface area (Å²) in [5.41, 5.74) is 3.16. The molecule has 104 valence electrons. The van der Waals surface area contributed by atoms with Crippen molar-refractivity contribution in [2.75, 3.05) is 0 Å². The summed E-state index contributed by atoms with van der Waals surface area (Å²) in [6.45, 7) is 3.76. The smallest absolute Gasteiger partial charge is 0.196 e. The first-order valence-electron chi connectivity index (χ1n) is 6.97. The Kier molecular flexibility index (Phi) is 3.44. The van der Waals surface area contributed by atoms with Crippen molar-refractivity contribution in [2.45, 2.75) is 13.8 Å². The van der Waals surface area contributed by atoms with Gasteiger partial charge in [0.15, 0.2) is 5.43 Å². The normalized spacial score (nSPS) is 11.3. The summed E-state index contributed by atoms with van der Waals surface area (Å²) in [4.78, 5) is 12.6. The topological polar surface area (TPSA) is 30.2 Å². The van der Waals surface area contributed by atoms with Gasteiger partial charge in [-0.05, 0) is 19.9 Å². The molecule has 1 aromatic heterocycles. The second-order valence-corrected chi connectivity index (χ2v) is 4.98. The number of rotatable bonds is 2. The number of para-hydroxylation sites is 1. The molecule has 0 fully saturated rings. The molecule has 0 amide bonds. The van der Waals surface area contributed by atoms with Crippen LogP contribution in [0.3, 0.4) is 0 Å². The molecule has 0 aliphatic carbocycles. The molecule has 0 N–H and O–H groups in total. The lowest BCUT2D eigenvalue weighted by atomic mass is 10.0. The third-order valence-corrected chi connectivity index (χ3v) is 3.56. The molecule has 2 nitrogen and oxygen atoms in total. The highest BCUT2D eigenvalue weighted by Gasteiger charge is 2.13. The Morgan fingerprint density at radius 3 is 2.48 bits per heavy atom. The Bertz CT molecular complexity index is 871. The highest BCUT2D eigenvalue weighted by Crippen LogP contribution is 2.27. The van der Waals surface area contributed by atoms with E-state index >= 15 is 0 Å². The Morgan fingerprint density at radius 2 is 1.76 bits per heavy atom. The van der Waals surface area contributed by atoms with Gasteiger partial charge in [-0.25, -0.2) is 0 Å². The molecular weight excluding hydrogens is 260 g/mol. The quantitative estimate of drug-likeness (QED) is 0.673. The molecule has 1 heterocycles. The fourth-order valence-corrected chi connectivity index (χ4v) is 2.51. The maximum Gasteiger partial charge on any atom is 0.196 e. The van der Waals surface area contributed by atoms with Crippen LogP contribution < -0.4 is 5.43 Å². The van der Waals surface area contributed by atoms with E-state index in [1.165, 1.54) is 0 Å². The third-order valence-electron chi connectivity index (χ3n) is 3.56. The highest BCUT2D eigenvalue weighted by atomic mass is 16.3. The van der Waals surface area contributed by atoms with E-state index in [-0.39, 0.29) is 5.43 Å². The molecule has 0 atom stereocenters. The van der Waals surface area contributed by atoms with E-state index in [9.17, 15) is 4.79 Å². The third kappa shape index (κ3) is 2.29. The van der Waals surface area contributed by atoms with Crippen LogP contribution in [0.5, 0.6) is 0 Å². The van der Waals surface area contributed by atoms with Crippen molar-refractivity contribution in [3.8, 4) is 11.3 Å². The second-order valence-electron chi connectivity index (χ2n) is 4.98. The molecule has 0 spiro atoms. The Balaban J connectivity index is 2.40. The van der Waals surface area contributed by atoms with Gasteiger partial charge in [-0.15, -0.1) is 0 Å². The number of hydrogen-bond acceptors (Lipinski definition) is 2. The van der Waals surface area contributed by atoms with Gasteiger partial charge < -0.3 is 4.42 Å². The van der Waals surface area contributed by atoms with E-state index in [1.54, 1.807) is 0 Å². The van der Waals surface area contributed by atoms with Crippen LogP contribution in [0.2, 0.25) is 0 Å². The van der Waals surface area contributed by atoms with Crippen LogP contribution in [0.1, 0.15) is 18.1 Å². The van der Waals surface area contributed by atoms with Crippen molar-refractivity contribution >= 4 is 17.0 Å². The fraction of sp³-hybridized carbons (Fsp3) is 0.105. The first-order chi connectivity index (χ1) is 10.2. The van der Waals surface area contributed by atoms with Crippen molar-refractivity contribution in [2.24, 2.45) is 0 Å².